The molecule has 1 spiro atoms. The highest BCUT2D eigenvalue weighted by Gasteiger charge is 2.48. The van der Waals surface area contributed by atoms with Gasteiger partial charge >= 0.3 is 5.97 Å². The number of hydrogen-bond donors (Lipinski definition) is 0. The van der Waals surface area contributed by atoms with Crippen molar-refractivity contribution in [2.45, 2.75) is 58.6 Å². The van der Waals surface area contributed by atoms with E-state index in [1.165, 1.54) is 0 Å². The van der Waals surface area contributed by atoms with E-state index in [0.717, 1.165) is 23.3 Å². The minimum absolute atomic E-state index is 0.116. The van der Waals surface area contributed by atoms with Crippen molar-refractivity contribution < 1.29 is 14.1 Å². The van der Waals surface area contributed by atoms with Crippen molar-refractivity contribution in [2.75, 3.05) is 24.6 Å². The summed E-state index contributed by atoms with van der Waals surface area (Å²) in [6.45, 7) is 10.6. The molecule has 0 radical (unpaired) electrons. The zero-order chi connectivity index (χ0) is 31.1. The molecule has 1 aromatic heterocycles. The van der Waals surface area contributed by atoms with Gasteiger partial charge in [0.25, 0.3) is 0 Å². The maximum absolute atomic E-state index is 13.3. The van der Waals surface area contributed by atoms with Gasteiger partial charge in [-0.1, -0.05) is 45.8 Å². The number of aromatic nitrogens is 2. The van der Waals surface area contributed by atoms with Crippen LogP contribution in [-0.2, 0) is 22.5 Å². The zero-order valence-electron chi connectivity index (χ0n) is 24.8. The molecule has 3 aromatic rings. The van der Waals surface area contributed by atoms with E-state index in [4.69, 9.17) is 42.3 Å². The molecule has 1 fully saturated rings. The van der Waals surface area contributed by atoms with E-state index in [2.05, 4.69) is 11.0 Å². The van der Waals surface area contributed by atoms with Crippen molar-refractivity contribution in [2.24, 2.45) is 9.81 Å². The largest absolute Gasteiger partial charge is 0.591 e. The van der Waals surface area contributed by atoms with Gasteiger partial charge in [-0.05, 0) is 77.6 Å². The van der Waals surface area contributed by atoms with Crippen LogP contribution in [0.3, 0.4) is 0 Å². The number of nitrogens with zero attached hydrogens (tertiary/aromatic N) is 5. The number of rotatable bonds is 5. The van der Waals surface area contributed by atoms with E-state index >= 15 is 0 Å². The number of nitriles is 1. The molecule has 1 unspecified atom stereocenters. The summed E-state index contributed by atoms with van der Waals surface area (Å²) in [7, 11) is 0. The zero-order valence-corrected chi connectivity index (χ0v) is 27.2. The van der Waals surface area contributed by atoms with E-state index < -0.39 is 22.1 Å². The van der Waals surface area contributed by atoms with Crippen molar-refractivity contribution in [3.05, 3.63) is 74.5 Å². The topological polar surface area (TPSA) is 115 Å². The number of hydrogen-bond acceptors (Lipinski definition) is 8. The van der Waals surface area contributed by atoms with Crippen LogP contribution >= 0.6 is 23.2 Å². The van der Waals surface area contributed by atoms with Crippen LogP contribution in [0.2, 0.25) is 10.0 Å². The third kappa shape index (κ3) is 5.99. The molecule has 2 heterocycles. The molecule has 224 valence electrons. The lowest BCUT2D eigenvalue weighted by molar-refractivity contribution is 0.0519. The maximum Gasteiger partial charge on any atom is 0.360 e. The molecule has 1 aliphatic carbocycles. The average molecular weight is 639 g/mol. The summed E-state index contributed by atoms with van der Waals surface area (Å²) < 4.78 is 22.9. The van der Waals surface area contributed by atoms with Crippen molar-refractivity contribution in [3.63, 3.8) is 0 Å². The number of ether oxygens (including phenoxy) is 1. The molecule has 0 amide bonds. The smallest absolute Gasteiger partial charge is 0.360 e. The molecule has 0 saturated carbocycles. The van der Waals surface area contributed by atoms with Gasteiger partial charge in [-0.2, -0.15) is 5.26 Å². The van der Waals surface area contributed by atoms with Crippen molar-refractivity contribution >= 4 is 52.1 Å². The summed E-state index contributed by atoms with van der Waals surface area (Å²) in [5.74, 6) is -0.114. The highest BCUT2D eigenvalue weighted by atomic mass is 35.5. The van der Waals surface area contributed by atoms with Gasteiger partial charge in [0.1, 0.15) is 21.8 Å². The fourth-order valence-corrected chi connectivity index (χ4v) is 6.81. The first-order valence-electron chi connectivity index (χ1n) is 14.2. The van der Waals surface area contributed by atoms with Gasteiger partial charge in [0, 0.05) is 29.6 Å². The van der Waals surface area contributed by atoms with E-state index in [1.807, 2.05) is 45.9 Å². The summed E-state index contributed by atoms with van der Waals surface area (Å²) in [6, 6.07) is 13.2. The molecule has 43 heavy (non-hydrogen) atoms. The molecule has 11 heteroatoms. The predicted molar refractivity (Wildman–Crippen MR) is 171 cm³/mol. The van der Waals surface area contributed by atoms with Gasteiger partial charge in [-0.15, -0.1) is 0 Å². The third-order valence-electron chi connectivity index (χ3n) is 7.97. The number of benzene rings is 2. The number of carbonyl (C=O) groups excluding carboxylic acids is 1. The van der Waals surface area contributed by atoms with E-state index in [0.29, 0.717) is 64.3 Å². The molecule has 8 nitrogen and oxygen atoms in total. The third-order valence-corrected chi connectivity index (χ3v) is 10.2. The number of aryl methyl sites for hydroxylation is 1. The standard InChI is InChI=1S/C32H33Cl2N5O3S/c1-6-42-30(40)27-29(36-19(2)26(37-27)22-8-7-9-24(33)25(22)34)39-14-12-32(13-15-39)17-21-11-10-20(18-35)16-23(21)28(32)38-43(41)31(3,4)5/h7-11,16H,6,12-15,17H2,1-5H3. The van der Waals surface area contributed by atoms with Crippen LogP contribution in [0, 0.1) is 23.7 Å². The first-order valence-corrected chi connectivity index (χ1v) is 16.0. The Bertz CT molecular complexity index is 1660. The van der Waals surface area contributed by atoms with Crippen molar-refractivity contribution in [1.29, 1.82) is 5.26 Å². The summed E-state index contributed by atoms with van der Waals surface area (Å²) >= 11 is 11.3. The molecule has 1 atom stereocenters. The highest BCUT2D eigenvalue weighted by molar-refractivity contribution is 7.91. The minimum atomic E-state index is -1.47. The summed E-state index contributed by atoms with van der Waals surface area (Å²) in [4.78, 5) is 24.9. The summed E-state index contributed by atoms with van der Waals surface area (Å²) in [5.41, 5.74) is 4.76. The van der Waals surface area contributed by atoms with Crippen LogP contribution in [0.15, 0.2) is 40.8 Å². The Balaban J connectivity index is 1.52. The number of fused-ring (bicyclic) bond motifs is 1. The molecule has 5 rings (SSSR count). The summed E-state index contributed by atoms with van der Waals surface area (Å²) in [5, 5.41) is 10.3. The molecule has 2 aromatic carbocycles. The van der Waals surface area contributed by atoms with Crippen molar-refractivity contribution in [3.8, 4) is 17.3 Å². The fraction of sp³-hybridized carbons (Fsp3) is 0.406. The SMILES string of the molecule is CCOC(=O)c1nc(-c2cccc(Cl)c2Cl)c(C)nc1N1CCC2(CC1)Cc1ccc(C#N)cc1C2=N[S+]([O-])C(C)(C)C. The molecular formula is C32H33Cl2N5O3S. The van der Waals surface area contributed by atoms with Gasteiger partial charge < -0.3 is 14.2 Å². The first kappa shape index (κ1) is 31.3. The fourth-order valence-electron chi connectivity index (χ4n) is 5.69. The number of halogens is 2. The number of anilines is 1. The second-order valence-corrected chi connectivity index (χ2v) is 14.6. The van der Waals surface area contributed by atoms with E-state index in [-0.39, 0.29) is 17.7 Å². The Morgan fingerprint density at radius 1 is 1.19 bits per heavy atom. The van der Waals surface area contributed by atoms with Gasteiger partial charge in [0.15, 0.2) is 11.5 Å². The molecule has 0 bridgehead atoms. The first-order chi connectivity index (χ1) is 20.4. The number of piperidine rings is 1. The Hall–Kier alpha value is -3.16. The number of esters is 1. The van der Waals surface area contributed by atoms with Gasteiger partial charge in [0.2, 0.25) is 0 Å². The lowest BCUT2D eigenvalue weighted by Crippen LogP contribution is -2.45. The van der Waals surface area contributed by atoms with Gasteiger partial charge in [-0.25, -0.2) is 14.8 Å². The maximum atomic E-state index is 13.3. The van der Waals surface area contributed by atoms with E-state index in [1.54, 1.807) is 25.1 Å². The molecular weight excluding hydrogens is 605 g/mol. The lowest BCUT2D eigenvalue weighted by Gasteiger charge is -2.40. The normalized spacial score (nSPS) is 17.6. The summed E-state index contributed by atoms with van der Waals surface area (Å²) in [6.07, 6.45) is 2.12. The molecule has 0 N–H and O–H groups in total. The predicted octanol–water partition coefficient (Wildman–Crippen LogP) is 6.90. The highest BCUT2D eigenvalue weighted by Crippen LogP contribution is 2.47. The Morgan fingerprint density at radius 3 is 2.56 bits per heavy atom. The second-order valence-electron chi connectivity index (χ2n) is 11.9. The Labute approximate surface area is 265 Å². The average Bonchev–Trinajstić information content (AvgIpc) is 3.25. The molecule has 2 aliphatic rings. The van der Waals surface area contributed by atoms with Gasteiger partial charge in [-0.3, -0.25) is 0 Å². The van der Waals surface area contributed by atoms with E-state index in [9.17, 15) is 14.6 Å². The van der Waals surface area contributed by atoms with Gasteiger partial charge in [0.05, 0.1) is 39.7 Å². The Morgan fingerprint density at radius 2 is 1.91 bits per heavy atom. The quantitative estimate of drug-likeness (QED) is 0.221. The molecule has 1 saturated heterocycles. The van der Waals surface area contributed by atoms with Crippen LogP contribution in [0.5, 0.6) is 0 Å². The second kappa shape index (κ2) is 12.1. The van der Waals surface area contributed by atoms with Crippen LogP contribution in [-0.4, -0.2) is 50.6 Å². The van der Waals surface area contributed by atoms with Crippen LogP contribution < -0.4 is 4.90 Å². The number of carbonyl (C=O) groups is 1. The van der Waals surface area contributed by atoms with Crippen LogP contribution in [0.1, 0.15) is 73.4 Å². The molecule has 1 aliphatic heterocycles. The monoisotopic (exact) mass is 637 g/mol. The lowest BCUT2D eigenvalue weighted by atomic mass is 9.74. The Kier molecular flexibility index (Phi) is 8.79. The van der Waals surface area contributed by atoms with Crippen LogP contribution in [0.4, 0.5) is 5.82 Å². The van der Waals surface area contributed by atoms with Crippen molar-refractivity contribution in [1.82, 2.24) is 9.97 Å². The minimum Gasteiger partial charge on any atom is -0.591 e. The van der Waals surface area contributed by atoms with Crippen LogP contribution in [0.25, 0.3) is 11.3 Å².